The summed E-state index contributed by atoms with van der Waals surface area (Å²) in [5, 5.41) is 8.64. The molecule has 1 unspecified atom stereocenters. The van der Waals surface area contributed by atoms with Crippen LogP contribution in [0.2, 0.25) is 0 Å². The molecule has 0 spiro atoms. The molecule has 0 aliphatic heterocycles. The maximum absolute atomic E-state index is 13.6. The first kappa shape index (κ1) is 23.1. The highest BCUT2D eigenvalue weighted by atomic mass is 32.2. The summed E-state index contributed by atoms with van der Waals surface area (Å²) in [5.41, 5.74) is 3.70. The number of aromatic nitrogens is 2. The highest BCUT2D eigenvalue weighted by molar-refractivity contribution is 7.89. The van der Waals surface area contributed by atoms with Crippen molar-refractivity contribution in [3.05, 3.63) is 59.7 Å². The average Bonchev–Trinajstić information content (AvgIpc) is 3.57. The highest BCUT2D eigenvalue weighted by Gasteiger charge is 2.33. The third-order valence-corrected chi connectivity index (χ3v) is 8.08. The van der Waals surface area contributed by atoms with E-state index in [4.69, 9.17) is 12.2 Å². The zero-order chi connectivity index (χ0) is 23.9. The summed E-state index contributed by atoms with van der Waals surface area (Å²) in [7, 11) is -3.69. The van der Waals surface area contributed by atoms with E-state index in [1.807, 2.05) is 38.2 Å². The number of sulfonamides is 1. The molecule has 178 valence electrons. The largest absolute Gasteiger partial charge is 0.359 e. The number of hydrogen-bond donors (Lipinski definition) is 3. The van der Waals surface area contributed by atoms with Crippen molar-refractivity contribution in [1.29, 1.82) is 0 Å². The highest BCUT2D eigenvalue weighted by Crippen LogP contribution is 2.42. The third kappa shape index (κ3) is 4.92. The van der Waals surface area contributed by atoms with Crippen LogP contribution in [0.25, 0.3) is 10.8 Å². The Hall–Kier alpha value is -2.62. The van der Waals surface area contributed by atoms with E-state index in [0.717, 1.165) is 46.1 Å². The normalized spacial score (nSPS) is 17.7. The van der Waals surface area contributed by atoms with Gasteiger partial charge in [-0.25, -0.2) is 13.1 Å². The van der Waals surface area contributed by atoms with Gasteiger partial charge in [-0.2, -0.15) is 0 Å². The lowest BCUT2D eigenvalue weighted by atomic mass is 10.0. The Bertz CT molecular complexity index is 1340. The first-order valence-electron chi connectivity index (χ1n) is 11.7. The number of fused-ring (bicyclic) bond motifs is 2. The van der Waals surface area contributed by atoms with Gasteiger partial charge in [-0.05, 0) is 79.2 Å². The Morgan fingerprint density at radius 1 is 1.21 bits per heavy atom. The van der Waals surface area contributed by atoms with E-state index in [-0.39, 0.29) is 12.0 Å². The molecule has 0 saturated heterocycles. The van der Waals surface area contributed by atoms with Crippen LogP contribution in [-0.4, -0.2) is 36.1 Å². The quantitative estimate of drug-likeness (QED) is 0.428. The van der Waals surface area contributed by atoms with E-state index in [9.17, 15) is 8.42 Å². The molecule has 9 heteroatoms. The van der Waals surface area contributed by atoms with E-state index < -0.39 is 10.0 Å². The molecule has 1 saturated carbocycles. The van der Waals surface area contributed by atoms with E-state index in [1.54, 1.807) is 12.4 Å². The molecule has 1 atom stereocenters. The topological polar surface area (TPSA) is 96.0 Å². The van der Waals surface area contributed by atoms with Gasteiger partial charge in [-0.15, -0.1) is 0 Å². The summed E-state index contributed by atoms with van der Waals surface area (Å²) in [6.45, 7) is 4.40. The Morgan fingerprint density at radius 2 is 2.03 bits per heavy atom. The maximum atomic E-state index is 13.6. The van der Waals surface area contributed by atoms with Crippen molar-refractivity contribution < 1.29 is 8.42 Å². The van der Waals surface area contributed by atoms with Gasteiger partial charge in [0.2, 0.25) is 10.0 Å². The van der Waals surface area contributed by atoms with Crippen LogP contribution in [0.5, 0.6) is 0 Å². The zero-order valence-corrected chi connectivity index (χ0v) is 21.0. The van der Waals surface area contributed by atoms with E-state index in [2.05, 4.69) is 31.4 Å². The molecule has 1 fully saturated rings. The van der Waals surface area contributed by atoms with Crippen molar-refractivity contribution in [3.63, 3.8) is 0 Å². The van der Waals surface area contributed by atoms with E-state index >= 15 is 0 Å². The minimum absolute atomic E-state index is 0.00149. The number of nitrogens with one attached hydrogen (secondary N) is 3. The number of pyridine rings is 2. The van der Waals surface area contributed by atoms with Crippen molar-refractivity contribution >= 4 is 43.8 Å². The van der Waals surface area contributed by atoms with Crippen LogP contribution in [0.3, 0.4) is 0 Å². The fourth-order valence-electron chi connectivity index (χ4n) is 4.52. The molecule has 0 amide bonds. The van der Waals surface area contributed by atoms with E-state index in [1.165, 1.54) is 0 Å². The second kappa shape index (κ2) is 9.20. The summed E-state index contributed by atoms with van der Waals surface area (Å²) in [4.78, 5) is 9.14. The Labute approximate surface area is 205 Å². The summed E-state index contributed by atoms with van der Waals surface area (Å²) in [5.74, 6) is 0.661. The molecule has 5 rings (SSSR count). The van der Waals surface area contributed by atoms with Crippen LogP contribution in [0.4, 0.5) is 5.69 Å². The molecule has 0 radical (unpaired) electrons. The number of hydrogen-bond acceptors (Lipinski definition) is 5. The standard InChI is InChI=1S/C25H29N5O2S2/c1-15(2)12-28-34(31,32)24-21-10-20(30-25(33)29-19-4-3-7-26-14-19)9-17(21)8-18-13-27-23(11-22(18)24)16-5-6-16/h3-4,7-8,11,13-16,20,28H,5-6,9-10,12H2,1-2H3,(H2,29,30,33). The molecule has 2 aliphatic rings. The molecule has 7 nitrogen and oxygen atoms in total. The lowest BCUT2D eigenvalue weighted by Crippen LogP contribution is -2.38. The van der Waals surface area contributed by atoms with Crippen molar-refractivity contribution in [3.8, 4) is 0 Å². The average molecular weight is 496 g/mol. The first-order chi connectivity index (χ1) is 16.3. The fraction of sp³-hybridized carbons (Fsp3) is 0.400. The zero-order valence-electron chi connectivity index (χ0n) is 19.3. The minimum atomic E-state index is -3.69. The van der Waals surface area contributed by atoms with Crippen LogP contribution >= 0.6 is 12.2 Å². The summed E-state index contributed by atoms with van der Waals surface area (Å²) < 4.78 is 30.0. The predicted octanol–water partition coefficient (Wildman–Crippen LogP) is 3.90. The SMILES string of the molecule is CC(C)CNS(=O)(=O)c1c2c(cc3cnc(C4CC4)cc13)CC(NC(=S)Nc1cccnc1)C2. The molecule has 2 aliphatic carbocycles. The smallest absolute Gasteiger partial charge is 0.241 e. The maximum Gasteiger partial charge on any atom is 0.241 e. The Balaban J connectivity index is 1.48. The minimum Gasteiger partial charge on any atom is -0.359 e. The van der Waals surface area contributed by atoms with Gasteiger partial charge in [0.1, 0.15) is 0 Å². The van der Waals surface area contributed by atoms with Crippen molar-refractivity contribution in [1.82, 2.24) is 20.0 Å². The van der Waals surface area contributed by atoms with Gasteiger partial charge in [0, 0.05) is 47.4 Å². The molecule has 2 heterocycles. The Morgan fingerprint density at radius 3 is 2.74 bits per heavy atom. The lowest BCUT2D eigenvalue weighted by molar-refractivity contribution is 0.559. The molecule has 3 aromatic rings. The van der Waals surface area contributed by atoms with Gasteiger partial charge in [-0.3, -0.25) is 9.97 Å². The van der Waals surface area contributed by atoms with Crippen molar-refractivity contribution in [2.24, 2.45) is 5.92 Å². The number of rotatable bonds is 7. The van der Waals surface area contributed by atoms with Gasteiger partial charge < -0.3 is 10.6 Å². The monoisotopic (exact) mass is 495 g/mol. The molecule has 0 bridgehead atoms. The van der Waals surface area contributed by atoms with Gasteiger partial charge >= 0.3 is 0 Å². The van der Waals surface area contributed by atoms with Crippen LogP contribution in [0.15, 0.2) is 47.8 Å². The predicted molar refractivity (Wildman–Crippen MR) is 139 cm³/mol. The van der Waals surface area contributed by atoms with Crippen molar-refractivity contribution in [2.75, 3.05) is 11.9 Å². The second-order valence-corrected chi connectivity index (χ2v) is 11.8. The molecule has 34 heavy (non-hydrogen) atoms. The van der Waals surface area contributed by atoms with Gasteiger partial charge in [0.05, 0.1) is 16.8 Å². The number of nitrogens with zero attached hydrogens (tertiary/aromatic N) is 2. The first-order valence-corrected chi connectivity index (χ1v) is 13.6. The lowest BCUT2D eigenvalue weighted by Gasteiger charge is -2.17. The molecule has 2 aromatic heterocycles. The molecule has 1 aromatic carbocycles. The summed E-state index contributed by atoms with van der Waals surface area (Å²) in [6, 6.07) is 7.82. The van der Waals surface area contributed by atoms with Crippen LogP contribution in [0.1, 0.15) is 49.4 Å². The summed E-state index contributed by atoms with van der Waals surface area (Å²) in [6.07, 6.45) is 8.75. The summed E-state index contributed by atoms with van der Waals surface area (Å²) >= 11 is 5.51. The number of benzene rings is 1. The second-order valence-electron chi connectivity index (χ2n) is 9.64. The van der Waals surface area contributed by atoms with Crippen LogP contribution in [-0.2, 0) is 22.9 Å². The number of thiocarbonyl (C=S) groups is 1. The third-order valence-electron chi connectivity index (χ3n) is 6.31. The fourth-order valence-corrected chi connectivity index (χ4v) is 6.50. The van der Waals surface area contributed by atoms with Crippen molar-refractivity contribution in [2.45, 2.75) is 56.4 Å². The molecule has 3 N–H and O–H groups in total. The van der Waals surface area contributed by atoms with Crippen LogP contribution in [0, 0.1) is 5.92 Å². The molecular formula is C25H29N5O2S2. The number of anilines is 1. The van der Waals surface area contributed by atoms with E-state index in [0.29, 0.717) is 35.3 Å². The Kier molecular flexibility index (Phi) is 6.26. The van der Waals surface area contributed by atoms with Gasteiger partial charge in [-0.1, -0.05) is 13.8 Å². The van der Waals surface area contributed by atoms with Gasteiger partial charge in [0.25, 0.3) is 0 Å². The van der Waals surface area contributed by atoms with Crippen LogP contribution < -0.4 is 15.4 Å². The molecular weight excluding hydrogens is 466 g/mol. The van der Waals surface area contributed by atoms with Gasteiger partial charge in [0.15, 0.2) is 5.11 Å².